The number of halogens is 2. The van der Waals surface area contributed by atoms with Crippen LogP contribution in [0.15, 0.2) is 18.2 Å². The zero-order valence-electron chi connectivity index (χ0n) is 7.21. The van der Waals surface area contributed by atoms with E-state index in [-0.39, 0.29) is 17.0 Å². The van der Waals surface area contributed by atoms with Gasteiger partial charge >= 0.3 is 5.97 Å². The molecule has 76 valence electrons. The van der Waals surface area contributed by atoms with E-state index in [1.807, 2.05) is 0 Å². The summed E-state index contributed by atoms with van der Waals surface area (Å²) in [4.78, 5) is 10.3. The summed E-state index contributed by atoms with van der Waals surface area (Å²) in [5.41, 5.74) is 5.61. The monoisotopic (exact) mass is 217 g/mol. The summed E-state index contributed by atoms with van der Waals surface area (Å²) in [6.45, 7) is 0. The molecule has 0 saturated heterocycles. The fourth-order valence-electron chi connectivity index (χ4n) is 1.10. The molecule has 0 saturated carbocycles. The molecule has 0 heterocycles. The zero-order valence-corrected chi connectivity index (χ0v) is 7.96. The molecule has 1 atom stereocenters. The van der Waals surface area contributed by atoms with Crippen molar-refractivity contribution in [3.8, 4) is 0 Å². The highest BCUT2D eigenvalue weighted by atomic mass is 35.5. The smallest absolute Gasteiger partial charge is 0.305 e. The first-order chi connectivity index (χ1) is 6.52. The topological polar surface area (TPSA) is 63.3 Å². The van der Waals surface area contributed by atoms with Crippen LogP contribution in [0.2, 0.25) is 5.02 Å². The summed E-state index contributed by atoms with van der Waals surface area (Å²) in [5, 5.41) is 8.42. The normalized spacial score (nSPS) is 12.5. The Balaban J connectivity index is 2.95. The average Bonchev–Trinajstić information content (AvgIpc) is 2.08. The SMILES string of the molecule is N[C@@H](CC(=O)O)c1cccc(Cl)c1F. The van der Waals surface area contributed by atoms with E-state index in [2.05, 4.69) is 0 Å². The van der Waals surface area contributed by atoms with Crippen molar-refractivity contribution in [3.63, 3.8) is 0 Å². The number of benzene rings is 1. The maximum atomic E-state index is 13.3. The number of aliphatic carboxylic acids is 1. The highest BCUT2D eigenvalue weighted by Crippen LogP contribution is 2.23. The Hall–Kier alpha value is -1.13. The van der Waals surface area contributed by atoms with Crippen LogP contribution in [-0.2, 0) is 4.79 Å². The van der Waals surface area contributed by atoms with Gasteiger partial charge in [-0.05, 0) is 6.07 Å². The molecule has 14 heavy (non-hydrogen) atoms. The van der Waals surface area contributed by atoms with Gasteiger partial charge in [0.15, 0.2) is 0 Å². The molecule has 0 aliphatic rings. The van der Waals surface area contributed by atoms with Crippen molar-refractivity contribution in [1.29, 1.82) is 0 Å². The summed E-state index contributed by atoms with van der Waals surface area (Å²) >= 11 is 5.52. The molecule has 0 radical (unpaired) electrons. The Morgan fingerprint density at radius 1 is 1.64 bits per heavy atom. The van der Waals surface area contributed by atoms with Crippen molar-refractivity contribution in [1.82, 2.24) is 0 Å². The van der Waals surface area contributed by atoms with Crippen LogP contribution >= 0.6 is 11.6 Å². The second-order valence-corrected chi connectivity index (χ2v) is 3.25. The third kappa shape index (κ3) is 2.43. The molecule has 0 bridgehead atoms. The Morgan fingerprint density at radius 2 is 2.29 bits per heavy atom. The van der Waals surface area contributed by atoms with Crippen LogP contribution in [-0.4, -0.2) is 11.1 Å². The Bertz CT molecular complexity index is 357. The second kappa shape index (κ2) is 4.39. The van der Waals surface area contributed by atoms with Gasteiger partial charge < -0.3 is 10.8 Å². The molecule has 0 aliphatic heterocycles. The van der Waals surface area contributed by atoms with Gasteiger partial charge in [0.25, 0.3) is 0 Å². The van der Waals surface area contributed by atoms with Crippen LogP contribution in [0.1, 0.15) is 18.0 Å². The molecule has 1 rings (SSSR count). The minimum atomic E-state index is -1.07. The molecule has 0 amide bonds. The van der Waals surface area contributed by atoms with Crippen molar-refractivity contribution in [3.05, 3.63) is 34.6 Å². The number of hydrogen-bond donors (Lipinski definition) is 2. The minimum absolute atomic E-state index is 0.0525. The van der Waals surface area contributed by atoms with Crippen molar-refractivity contribution in [2.24, 2.45) is 5.73 Å². The van der Waals surface area contributed by atoms with Crippen molar-refractivity contribution < 1.29 is 14.3 Å². The van der Waals surface area contributed by atoms with Crippen molar-refractivity contribution in [2.75, 3.05) is 0 Å². The highest BCUT2D eigenvalue weighted by molar-refractivity contribution is 6.30. The summed E-state index contributed by atoms with van der Waals surface area (Å²) < 4.78 is 13.3. The molecule has 5 heteroatoms. The summed E-state index contributed by atoms with van der Waals surface area (Å²) in [7, 11) is 0. The molecule has 3 nitrogen and oxygen atoms in total. The van der Waals surface area contributed by atoms with Crippen LogP contribution in [0, 0.1) is 5.82 Å². The van der Waals surface area contributed by atoms with E-state index >= 15 is 0 Å². The number of nitrogens with two attached hydrogens (primary N) is 1. The Morgan fingerprint density at radius 3 is 2.86 bits per heavy atom. The molecule has 3 N–H and O–H groups in total. The predicted octanol–water partition coefficient (Wildman–Crippen LogP) is 1.95. The lowest BCUT2D eigenvalue weighted by Crippen LogP contribution is -2.16. The van der Waals surface area contributed by atoms with Crippen LogP contribution < -0.4 is 5.73 Å². The third-order valence-electron chi connectivity index (χ3n) is 1.78. The molecule has 0 spiro atoms. The maximum absolute atomic E-state index is 13.3. The van der Waals surface area contributed by atoms with Crippen LogP contribution in [0.4, 0.5) is 4.39 Å². The van der Waals surface area contributed by atoms with E-state index in [4.69, 9.17) is 22.4 Å². The first-order valence-corrected chi connectivity index (χ1v) is 4.31. The van der Waals surface area contributed by atoms with Crippen LogP contribution in [0.5, 0.6) is 0 Å². The van der Waals surface area contributed by atoms with Gasteiger partial charge in [0, 0.05) is 11.6 Å². The number of carboxylic acid groups (broad SMARTS) is 1. The highest BCUT2D eigenvalue weighted by Gasteiger charge is 2.16. The fourth-order valence-corrected chi connectivity index (χ4v) is 1.29. The van der Waals surface area contributed by atoms with E-state index in [0.29, 0.717) is 0 Å². The Labute approximate surface area is 85.3 Å². The quantitative estimate of drug-likeness (QED) is 0.814. The van der Waals surface area contributed by atoms with Crippen LogP contribution in [0.25, 0.3) is 0 Å². The number of carbonyl (C=O) groups is 1. The molecule has 0 aliphatic carbocycles. The lowest BCUT2D eigenvalue weighted by atomic mass is 10.0. The predicted molar refractivity (Wildman–Crippen MR) is 50.6 cm³/mol. The Kier molecular flexibility index (Phi) is 3.43. The van der Waals surface area contributed by atoms with E-state index in [9.17, 15) is 9.18 Å². The van der Waals surface area contributed by atoms with Crippen molar-refractivity contribution >= 4 is 17.6 Å². The first kappa shape index (κ1) is 10.9. The second-order valence-electron chi connectivity index (χ2n) is 2.85. The van der Waals surface area contributed by atoms with E-state index in [1.54, 1.807) is 0 Å². The molecule has 1 aromatic carbocycles. The zero-order chi connectivity index (χ0) is 10.7. The molecule has 0 fully saturated rings. The van der Waals surface area contributed by atoms with E-state index in [0.717, 1.165) is 0 Å². The molecular weight excluding hydrogens is 209 g/mol. The lowest BCUT2D eigenvalue weighted by Gasteiger charge is -2.10. The number of rotatable bonds is 3. The van der Waals surface area contributed by atoms with Gasteiger partial charge in [-0.25, -0.2) is 4.39 Å². The van der Waals surface area contributed by atoms with Gasteiger partial charge in [-0.2, -0.15) is 0 Å². The number of hydrogen-bond acceptors (Lipinski definition) is 2. The average molecular weight is 218 g/mol. The summed E-state index contributed by atoms with van der Waals surface area (Å²) in [5.74, 6) is -1.72. The molecule has 0 unspecified atom stereocenters. The van der Waals surface area contributed by atoms with Crippen molar-refractivity contribution in [2.45, 2.75) is 12.5 Å². The van der Waals surface area contributed by atoms with Gasteiger partial charge in [-0.15, -0.1) is 0 Å². The van der Waals surface area contributed by atoms with Gasteiger partial charge in [0.05, 0.1) is 11.4 Å². The lowest BCUT2D eigenvalue weighted by molar-refractivity contribution is -0.137. The minimum Gasteiger partial charge on any atom is -0.481 e. The number of carboxylic acids is 1. The maximum Gasteiger partial charge on any atom is 0.305 e. The molecule has 0 aromatic heterocycles. The van der Waals surface area contributed by atoms with Gasteiger partial charge in [-0.1, -0.05) is 23.7 Å². The van der Waals surface area contributed by atoms with Crippen LogP contribution in [0.3, 0.4) is 0 Å². The van der Waals surface area contributed by atoms with Gasteiger partial charge in [0.2, 0.25) is 0 Å². The summed E-state index contributed by atoms with van der Waals surface area (Å²) in [6, 6.07) is 3.47. The van der Waals surface area contributed by atoms with Gasteiger partial charge in [0.1, 0.15) is 5.82 Å². The largest absolute Gasteiger partial charge is 0.481 e. The van der Waals surface area contributed by atoms with E-state index < -0.39 is 17.8 Å². The van der Waals surface area contributed by atoms with E-state index in [1.165, 1.54) is 18.2 Å². The first-order valence-electron chi connectivity index (χ1n) is 3.93. The van der Waals surface area contributed by atoms with Gasteiger partial charge in [-0.3, -0.25) is 4.79 Å². The standard InChI is InChI=1S/C9H9ClFNO2/c10-6-3-1-2-5(9(6)11)7(12)4-8(13)14/h1-3,7H,4,12H2,(H,13,14)/t7-/m0/s1. The molecule has 1 aromatic rings. The molecular formula is C9H9ClFNO2. The fraction of sp³-hybridized carbons (Fsp3) is 0.222. The third-order valence-corrected chi connectivity index (χ3v) is 2.07. The summed E-state index contributed by atoms with van der Waals surface area (Å²) in [6.07, 6.45) is -0.322.